The van der Waals surface area contributed by atoms with Gasteiger partial charge in [0, 0.05) is 17.8 Å². The van der Waals surface area contributed by atoms with Crippen molar-refractivity contribution in [1.82, 2.24) is 14.7 Å². The fraction of sp³-hybridized carbons (Fsp3) is 0.286. The molecule has 0 spiro atoms. The van der Waals surface area contributed by atoms with Crippen LogP contribution < -0.4 is 0 Å². The highest BCUT2D eigenvalue weighted by Gasteiger charge is 2.20. The maximum Gasteiger partial charge on any atom is 0.227 e. The molecule has 138 valence electrons. The van der Waals surface area contributed by atoms with Crippen LogP contribution in [-0.4, -0.2) is 27.1 Å². The molecule has 0 atom stereocenters. The molecular formula is C21H22N4O2. The van der Waals surface area contributed by atoms with Gasteiger partial charge in [0.2, 0.25) is 5.91 Å². The van der Waals surface area contributed by atoms with Crippen LogP contribution in [-0.2, 0) is 17.8 Å². The van der Waals surface area contributed by atoms with E-state index >= 15 is 0 Å². The van der Waals surface area contributed by atoms with Gasteiger partial charge in [0.15, 0.2) is 0 Å². The third-order valence-electron chi connectivity index (χ3n) is 4.54. The minimum atomic E-state index is -0.0412. The highest BCUT2D eigenvalue weighted by molar-refractivity contribution is 5.79. The standard InChI is InChI=1S/C21H22N4O2/c1-16-20(17(2)25(23-16)18-8-4-3-5-9-18)14-21(26)24(12-7-11-22)15-19-10-6-13-27-19/h3-6,8-10,13H,7,12,14-15H2,1-2H3. The lowest BCUT2D eigenvalue weighted by molar-refractivity contribution is -0.131. The van der Waals surface area contributed by atoms with Gasteiger partial charge in [0.05, 0.1) is 43.1 Å². The third-order valence-corrected chi connectivity index (χ3v) is 4.54. The first-order valence-electron chi connectivity index (χ1n) is 8.87. The predicted octanol–water partition coefficient (Wildman–Crippen LogP) is 3.57. The van der Waals surface area contributed by atoms with E-state index in [0.29, 0.717) is 18.8 Å². The zero-order valence-electron chi connectivity index (χ0n) is 15.6. The molecule has 0 aliphatic carbocycles. The maximum absolute atomic E-state index is 12.9. The van der Waals surface area contributed by atoms with Gasteiger partial charge in [-0.15, -0.1) is 0 Å². The van der Waals surface area contributed by atoms with Crippen LogP contribution in [0.1, 0.15) is 29.1 Å². The van der Waals surface area contributed by atoms with Gasteiger partial charge in [-0.2, -0.15) is 10.4 Å². The minimum absolute atomic E-state index is 0.0412. The van der Waals surface area contributed by atoms with Gasteiger partial charge in [0.1, 0.15) is 5.76 Å². The minimum Gasteiger partial charge on any atom is -0.467 e. The van der Waals surface area contributed by atoms with E-state index in [-0.39, 0.29) is 18.7 Å². The van der Waals surface area contributed by atoms with Gasteiger partial charge in [-0.1, -0.05) is 18.2 Å². The zero-order chi connectivity index (χ0) is 19.2. The molecule has 0 aliphatic rings. The number of aryl methyl sites for hydroxylation is 1. The number of benzene rings is 1. The number of para-hydroxylation sites is 1. The number of nitriles is 1. The summed E-state index contributed by atoms with van der Waals surface area (Å²) in [4.78, 5) is 14.6. The summed E-state index contributed by atoms with van der Waals surface area (Å²) >= 11 is 0. The van der Waals surface area contributed by atoms with Crippen molar-refractivity contribution < 1.29 is 9.21 Å². The Labute approximate surface area is 158 Å². The SMILES string of the molecule is Cc1nn(-c2ccccc2)c(C)c1CC(=O)N(CCC#N)Cc1ccco1. The average Bonchev–Trinajstić information content (AvgIpc) is 3.29. The topological polar surface area (TPSA) is 75.1 Å². The Hall–Kier alpha value is -3.33. The first kappa shape index (κ1) is 18.5. The highest BCUT2D eigenvalue weighted by Crippen LogP contribution is 2.19. The molecule has 0 radical (unpaired) electrons. The molecule has 6 heteroatoms. The van der Waals surface area contributed by atoms with Crippen molar-refractivity contribution >= 4 is 5.91 Å². The molecule has 0 aliphatic heterocycles. The number of carbonyl (C=O) groups is 1. The van der Waals surface area contributed by atoms with E-state index in [9.17, 15) is 4.79 Å². The summed E-state index contributed by atoms with van der Waals surface area (Å²) in [6, 6.07) is 15.6. The van der Waals surface area contributed by atoms with Crippen LogP contribution in [0.3, 0.4) is 0 Å². The first-order chi connectivity index (χ1) is 13.1. The molecule has 3 rings (SSSR count). The van der Waals surface area contributed by atoms with E-state index in [1.54, 1.807) is 17.2 Å². The number of aromatic nitrogens is 2. The second kappa shape index (κ2) is 8.37. The van der Waals surface area contributed by atoms with Crippen LogP contribution >= 0.6 is 0 Å². The molecule has 2 heterocycles. The van der Waals surface area contributed by atoms with Gasteiger partial charge in [-0.25, -0.2) is 4.68 Å². The molecule has 0 saturated carbocycles. The molecule has 1 amide bonds. The van der Waals surface area contributed by atoms with Crippen LogP contribution in [0, 0.1) is 25.2 Å². The van der Waals surface area contributed by atoms with Gasteiger partial charge in [-0.3, -0.25) is 4.79 Å². The average molecular weight is 362 g/mol. The summed E-state index contributed by atoms with van der Waals surface area (Å²) < 4.78 is 7.23. The molecule has 2 aromatic heterocycles. The Balaban J connectivity index is 1.81. The number of hydrogen-bond donors (Lipinski definition) is 0. The lowest BCUT2D eigenvalue weighted by Crippen LogP contribution is -2.32. The van der Waals surface area contributed by atoms with E-state index in [4.69, 9.17) is 9.68 Å². The van der Waals surface area contributed by atoms with E-state index in [1.165, 1.54) is 0 Å². The molecule has 6 nitrogen and oxygen atoms in total. The lowest BCUT2D eigenvalue weighted by atomic mass is 10.1. The quantitative estimate of drug-likeness (QED) is 0.644. The molecule has 0 bridgehead atoms. The zero-order valence-corrected chi connectivity index (χ0v) is 15.6. The molecule has 0 unspecified atom stereocenters. The fourth-order valence-electron chi connectivity index (χ4n) is 3.08. The Morgan fingerprint density at radius 3 is 2.67 bits per heavy atom. The Bertz CT molecular complexity index is 937. The fourth-order valence-corrected chi connectivity index (χ4v) is 3.08. The predicted molar refractivity (Wildman–Crippen MR) is 101 cm³/mol. The number of amides is 1. The number of nitrogens with zero attached hydrogens (tertiary/aromatic N) is 4. The molecule has 27 heavy (non-hydrogen) atoms. The summed E-state index contributed by atoms with van der Waals surface area (Å²) in [5, 5.41) is 13.5. The highest BCUT2D eigenvalue weighted by atomic mass is 16.3. The second-order valence-electron chi connectivity index (χ2n) is 6.38. The summed E-state index contributed by atoms with van der Waals surface area (Å²) in [6.45, 7) is 4.63. The van der Waals surface area contributed by atoms with Crippen molar-refractivity contribution in [2.75, 3.05) is 6.54 Å². The molecule has 0 saturated heterocycles. The molecule has 3 aromatic rings. The van der Waals surface area contributed by atoms with Crippen molar-refractivity contribution in [3.8, 4) is 11.8 Å². The van der Waals surface area contributed by atoms with Crippen LogP contribution in [0.25, 0.3) is 5.69 Å². The van der Waals surface area contributed by atoms with E-state index in [1.807, 2.05) is 54.9 Å². The van der Waals surface area contributed by atoms with Crippen LogP contribution in [0.2, 0.25) is 0 Å². The first-order valence-corrected chi connectivity index (χ1v) is 8.87. The van der Waals surface area contributed by atoms with Crippen molar-refractivity contribution in [1.29, 1.82) is 5.26 Å². The Kier molecular flexibility index (Phi) is 5.72. The molecule has 1 aromatic carbocycles. The molecular weight excluding hydrogens is 340 g/mol. The Morgan fingerprint density at radius 2 is 2.00 bits per heavy atom. The Morgan fingerprint density at radius 1 is 1.22 bits per heavy atom. The lowest BCUT2D eigenvalue weighted by Gasteiger charge is -2.20. The summed E-state index contributed by atoms with van der Waals surface area (Å²) in [7, 11) is 0. The van der Waals surface area contributed by atoms with Crippen molar-refractivity contribution in [2.24, 2.45) is 0 Å². The number of hydrogen-bond acceptors (Lipinski definition) is 4. The van der Waals surface area contributed by atoms with Gasteiger partial charge in [-0.05, 0) is 38.1 Å². The smallest absolute Gasteiger partial charge is 0.227 e. The van der Waals surface area contributed by atoms with Gasteiger partial charge >= 0.3 is 0 Å². The monoisotopic (exact) mass is 362 g/mol. The van der Waals surface area contributed by atoms with Crippen molar-refractivity contribution in [2.45, 2.75) is 33.2 Å². The number of rotatable bonds is 7. The third kappa shape index (κ3) is 4.26. The van der Waals surface area contributed by atoms with E-state index in [2.05, 4.69) is 11.2 Å². The molecule has 0 fully saturated rings. The second-order valence-corrected chi connectivity index (χ2v) is 6.38. The van der Waals surface area contributed by atoms with Crippen LogP contribution in [0.4, 0.5) is 0 Å². The molecule has 0 N–H and O–H groups in total. The number of furan rings is 1. The normalized spacial score (nSPS) is 10.6. The van der Waals surface area contributed by atoms with Crippen LogP contribution in [0.15, 0.2) is 53.1 Å². The van der Waals surface area contributed by atoms with Crippen molar-refractivity contribution in [3.63, 3.8) is 0 Å². The van der Waals surface area contributed by atoms with Gasteiger partial charge < -0.3 is 9.32 Å². The van der Waals surface area contributed by atoms with Crippen molar-refractivity contribution in [3.05, 3.63) is 71.4 Å². The maximum atomic E-state index is 12.9. The number of carbonyl (C=O) groups excluding carboxylic acids is 1. The summed E-state index contributed by atoms with van der Waals surface area (Å²) in [5.74, 6) is 0.662. The van der Waals surface area contributed by atoms with Crippen LogP contribution in [0.5, 0.6) is 0 Å². The van der Waals surface area contributed by atoms with Gasteiger partial charge in [0.25, 0.3) is 0 Å². The summed E-state index contributed by atoms with van der Waals surface area (Å²) in [6.07, 6.45) is 2.12. The van der Waals surface area contributed by atoms with E-state index < -0.39 is 0 Å². The van der Waals surface area contributed by atoms with E-state index in [0.717, 1.165) is 22.6 Å². The largest absolute Gasteiger partial charge is 0.467 e. The summed E-state index contributed by atoms with van der Waals surface area (Å²) in [5.41, 5.74) is 3.67.